The van der Waals surface area contributed by atoms with Crippen molar-refractivity contribution in [3.63, 3.8) is 0 Å². The molecule has 15 nitrogen and oxygen atoms in total. The molecule has 6 rings (SSSR count). The third-order valence-electron chi connectivity index (χ3n) is 12.9. The Labute approximate surface area is 342 Å². The minimum atomic E-state index is -4.34. The van der Waals surface area contributed by atoms with Crippen molar-refractivity contribution in [3.8, 4) is 5.88 Å². The molecule has 2 aromatic rings. The maximum absolute atomic E-state index is 17.7. The van der Waals surface area contributed by atoms with Gasteiger partial charge in [-0.15, -0.1) is 5.10 Å². The smallest absolute Gasteiger partial charge is 0.408 e. The van der Waals surface area contributed by atoms with Gasteiger partial charge in [0.1, 0.15) is 17.6 Å². The van der Waals surface area contributed by atoms with Gasteiger partial charge in [-0.1, -0.05) is 45.1 Å². The van der Waals surface area contributed by atoms with Crippen LogP contribution in [0.15, 0.2) is 41.2 Å². The Hall–Kier alpha value is -4.61. The molecular weight excluding hydrogens is 791 g/mol. The maximum Gasteiger partial charge on any atom is 0.408 e. The number of hydrogen-bond acceptors (Lipinski definition) is 9. The molecule has 0 radical (unpaired) electrons. The maximum atomic E-state index is 17.7. The third-order valence-corrected chi connectivity index (χ3v) is 15.1. The Morgan fingerprint density at radius 1 is 1.08 bits per heavy atom. The van der Waals surface area contributed by atoms with E-state index in [4.69, 9.17) is 4.74 Å². The Kier molecular flexibility index (Phi) is 11.5. The van der Waals surface area contributed by atoms with Crippen molar-refractivity contribution in [1.29, 1.82) is 0 Å². The molecule has 3 heterocycles. The molecule has 2 aliphatic carbocycles. The van der Waals surface area contributed by atoms with Gasteiger partial charge in [0.15, 0.2) is 5.60 Å². The third kappa shape index (κ3) is 7.69. The van der Waals surface area contributed by atoms with Crippen LogP contribution in [0.1, 0.15) is 113 Å². The fourth-order valence-electron chi connectivity index (χ4n) is 8.60. The number of carbonyl (C=O) groups excluding carboxylic acids is 3. The van der Waals surface area contributed by atoms with Crippen LogP contribution < -0.4 is 20.3 Å². The number of carboxylic acid groups (broad SMARTS) is 1. The van der Waals surface area contributed by atoms with Crippen molar-refractivity contribution in [1.82, 2.24) is 29.6 Å². The molecule has 3 fully saturated rings. The van der Waals surface area contributed by atoms with E-state index in [9.17, 15) is 32.7 Å². The summed E-state index contributed by atoms with van der Waals surface area (Å²) in [5.74, 6) is -5.52. The molecule has 18 heteroatoms. The van der Waals surface area contributed by atoms with Crippen LogP contribution in [0, 0.1) is 17.8 Å². The van der Waals surface area contributed by atoms with E-state index in [-0.39, 0.29) is 46.7 Å². The second-order valence-electron chi connectivity index (χ2n) is 17.9. The summed E-state index contributed by atoms with van der Waals surface area (Å²) in [6.45, 7) is 12.7. The van der Waals surface area contributed by atoms with E-state index in [1.807, 2.05) is 13.0 Å². The summed E-state index contributed by atoms with van der Waals surface area (Å²) >= 11 is 0. The van der Waals surface area contributed by atoms with Crippen LogP contribution in [0.2, 0.25) is 0 Å². The summed E-state index contributed by atoms with van der Waals surface area (Å²) in [7, 11) is -4.18. The number of sulfonamides is 1. The summed E-state index contributed by atoms with van der Waals surface area (Å²) in [5, 5.41) is 17.7. The topological polar surface area (TPSA) is 197 Å². The number of hydrogen-bond donors (Lipinski definition) is 3. The number of fused-ring (bicyclic) bond motifs is 3. The van der Waals surface area contributed by atoms with Crippen LogP contribution in [0.25, 0.3) is 10.8 Å². The molecule has 324 valence electrons. The lowest BCUT2D eigenvalue weighted by Gasteiger charge is -2.42. The molecule has 1 saturated heterocycles. The van der Waals surface area contributed by atoms with Gasteiger partial charge in [-0.25, -0.2) is 17.9 Å². The number of nitrogens with zero attached hydrogens (tertiary/aromatic N) is 4. The lowest BCUT2D eigenvalue weighted by molar-refractivity contribution is -0.219. The predicted octanol–water partition coefficient (Wildman–Crippen LogP) is 5.34. The Morgan fingerprint density at radius 3 is 2.32 bits per heavy atom. The number of halogens is 2. The Morgan fingerprint density at radius 2 is 1.73 bits per heavy atom. The summed E-state index contributed by atoms with van der Waals surface area (Å²) < 4.78 is 70.2. The van der Waals surface area contributed by atoms with Gasteiger partial charge in [-0.2, -0.15) is 8.78 Å². The van der Waals surface area contributed by atoms with Gasteiger partial charge in [-0.3, -0.25) is 33.7 Å². The zero-order valence-electron chi connectivity index (χ0n) is 34.8. The molecular formula is C41H56F2N6O9S. The molecule has 1 unspecified atom stereocenters. The molecule has 4 amide bonds. The average molecular weight is 847 g/mol. The fourth-order valence-corrected chi connectivity index (χ4v) is 9.91. The van der Waals surface area contributed by atoms with Gasteiger partial charge >= 0.3 is 12.1 Å². The van der Waals surface area contributed by atoms with Crippen molar-refractivity contribution in [2.75, 3.05) is 0 Å². The van der Waals surface area contributed by atoms with Gasteiger partial charge in [-0.05, 0) is 104 Å². The van der Waals surface area contributed by atoms with E-state index in [0.29, 0.717) is 25.7 Å². The van der Waals surface area contributed by atoms with Crippen LogP contribution >= 0.6 is 0 Å². The number of allylic oxidation sites excluding steroid dienone is 1. The number of alkyl halides is 2. The minimum absolute atomic E-state index is 0.0409. The van der Waals surface area contributed by atoms with E-state index >= 15 is 13.6 Å². The van der Waals surface area contributed by atoms with Crippen molar-refractivity contribution < 1.29 is 46.2 Å². The van der Waals surface area contributed by atoms with Crippen LogP contribution in [-0.4, -0.2) is 97.0 Å². The first kappa shape index (κ1) is 44.0. The van der Waals surface area contributed by atoms with Crippen molar-refractivity contribution in [2.45, 2.75) is 153 Å². The fraction of sp³-hybridized carbons (Fsp3) is 0.659. The highest BCUT2D eigenvalue weighted by molar-refractivity contribution is 7.91. The van der Waals surface area contributed by atoms with Crippen LogP contribution in [0.5, 0.6) is 5.88 Å². The summed E-state index contributed by atoms with van der Waals surface area (Å²) in [5.41, 5.74) is -5.07. The first-order valence-electron chi connectivity index (χ1n) is 20.4. The van der Waals surface area contributed by atoms with E-state index in [2.05, 4.69) is 15.1 Å². The summed E-state index contributed by atoms with van der Waals surface area (Å²) in [4.78, 5) is 71.2. The van der Waals surface area contributed by atoms with E-state index in [0.717, 1.165) is 16.5 Å². The number of amides is 4. The molecule has 3 N–H and O–H groups in total. The first-order valence-corrected chi connectivity index (χ1v) is 21.9. The van der Waals surface area contributed by atoms with Gasteiger partial charge in [0.25, 0.3) is 17.4 Å². The van der Waals surface area contributed by atoms with Crippen molar-refractivity contribution >= 4 is 44.6 Å². The highest BCUT2D eigenvalue weighted by Crippen LogP contribution is 2.51. The lowest BCUT2D eigenvalue weighted by Crippen LogP contribution is -2.64. The van der Waals surface area contributed by atoms with Crippen LogP contribution in [0.4, 0.5) is 13.6 Å². The van der Waals surface area contributed by atoms with E-state index in [1.165, 1.54) is 19.1 Å². The highest BCUT2D eigenvalue weighted by Gasteiger charge is 2.71. The SMILES string of the molecule is CCC(C)N(C(=O)O)[C@@H]1C(=O)N2[C@@H](C[C@@](C)(Oc3nn(C(C)C)c(=O)c4ccccc34)C2(F)F)C(=O)N[C@]2(C(=O)NS(=O)(=O)C3(C)CC3)C[C@H]2/C=C\CC[C@@H](C)C[C@H]1C. The molecule has 2 saturated carbocycles. The van der Waals surface area contributed by atoms with Gasteiger partial charge in [0.2, 0.25) is 21.8 Å². The number of ether oxygens (including phenoxy) is 1. The second-order valence-corrected chi connectivity index (χ2v) is 20.1. The number of carbonyl (C=O) groups is 4. The summed E-state index contributed by atoms with van der Waals surface area (Å²) in [6, 6.07) is -3.23. The van der Waals surface area contributed by atoms with Gasteiger partial charge < -0.3 is 15.2 Å². The van der Waals surface area contributed by atoms with Crippen LogP contribution in [0.3, 0.4) is 0 Å². The monoisotopic (exact) mass is 846 g/mol. The zero-order chi connectivity index (χ0) is 43.6. The molecule has 59 heavy (non-hydrogen) atoms. The molecule has 0 bridgehead atoms. The standard InChI is InChI=1S/C41H56F2N6O9S/c1-9-26(6)47(37(54)55)31-25(5)20-24(4)14-10-11-15-27-21-40(27,36(53)46-59(56,57)38(7)18-19-38)44-32(50)30-22-39(8,41(42,43)48(30)35(31)52)58-33-28-16-12-13-17-29(28)34(51)49(45-33)23(2)3/h11-13,15-17,23-27,30-31H,9-10,14,18-22H2,1-8H3,(H,44,50)(H,46,53)(H,54,55)/b15-11-/t24-,25-,26?,27-,30+,31+,39-,40-/m1/s1. The minimum Gasteiger partial charge on any atom is -0.465 e. The molecule has 0 spiro atoms. The largest absolute Gasteiger partial charge is 0.465 e. The number of aromatic nitrogens is 2. The molecule has 1 aromatic heterocycles. The molecule has 8 atom stereocenters. The Bertz CT molecular complexity index is 2230. The van der Waals surface area contributed by atoms with Crippen molar-refractivity contribution in [3.05, 3.63) is 46.8 Å². The average Bonchev–Trinajstić information content (AvgIpc) is 4.06. The normalized spacial score (nSPS) is 31.5. The first-order chi connectivity index (χ1) is 27.4. The quantitative estimate of drug-likeness (QED) is 0.219. The van der Waals surface area contributed by atoms with Crippen LogP contribution in [-0.2, 0) is 24.4 Å². The van der Waals surface area contributed by atoms with E-state index < -0.39 is 104 Å². The van der Waals surface area contributed by atoms with Gasteiger partial charge in [0, 0.05) is 18.4 Å². The predicted molar refractivity (Wildman–Crippen MR) is 214 cm³/mol. The summed E-state index contributed by atoms with van der Waals surface area (Å²) in [6.07, 6.45) is 3.36. The van der Waals surface area contributed by atoms with Gasteiger partial charge in [0.05, 0.1) is 21.6 Å². The highest BCUT2D eigenvalue weighted by atomic mass is 32.2. The lowest BCUT2D eigenvalue weighted by atomic mass is 9.86. The molecule has 2 aliphatic heterocycles. The Balaban J connectivity index is 1.51. The zero-order valence-corrected chi connectivity index (χ0v) is 35.6. The van der Waals surface area contributed by atoms with Crippen molar-refractivity contribution in [2.24, 2.45) is 17.8 Å². The molecule has 4 aliphatic rings. The number of nitrogens with one attached hydrogen (secondary N) is 2. The second kappa shape index (κ2) is 15.4. The molecule has 1 aromatic carbocycles. The van der Waals surface area contributed by atoms with E-state index in [1.54, 1.807) is 52.8 Å². The number of rotatable bonds is 9. The number of benzene rings is 1.